The van der Waals surface area contributed by atoms with Gasteiger partial charge in [-0.3, -0.25) is 4.79 Å². The van der Waals surface area contributed by atoms with Crippen molar-refractivity contribution in [3.05, 3.63) is 45.9 Å². The molecular formula is C16H23Cl2N3OS2. The molecule has 1 aromatic carbocycles. The molecule has 2 rings (SSSR count). The van der Waals surface area contributed by atoms with Gasteiger partial charge in [0.05, 0.1) is 16.3 Å². The molecule has 1 amide bonds. The van der Waals surface area contributed by atoms with Crippen molar-refractivity contribution in [1.29, 1.82) is 0 Å². The molecule has 0 fully saturated rings. The minimum atomic E-state index is -0.0181. The molecule has 0 saturated heterocycles. The van der Waals surface area contributed by atoms with Crippen molar-refractivity contribution >= 4 is 53.8 Å². The molecule has 0 aliphatic heterocycles. The molecule has 4 nitrogen and oxygen atoms in total. The molecule has 1 aromatic heterocycles. The average molecular weight is 408 g/mol. The van der Waals surface area contributed by atoms with Crippen molar-refractivity contribution in [1.82, 2.24) is 15.6 Å². The summed E-state index contributed by atoms with van der Waals surface area (Å²) in [5, 5.41) is 9.28. The molecule has 8 heteroatoms. The van der Waals surface area contributed by atoms with Gasteiger partial charge >= 0.3 is 0 Å². The molecule has 0 aliphatic carbocycles. The first-order valence-corrected chi connectivity index (χ1v) is 9.19. The first-order valence-electron chi connectivity index (χ1n) is 7.32. The van der Waals surface area contributed by atoms with E-state index in [2.05, 4.69) is 21.0 Å². The lowest BCUT2D eigenvalue weighted by atomic mass is 10.2. The maximum Gasteiger partial charge on any atom is 0.252 e. The summed E-state index contributed by atoms with van der Waals surface area (Å²) in [4.78, 5) is 17.7. The first-order chi connectivity index (χ1) is 10.7. The third-order valence-corrected chi connectivity index (χ3v) is 4.94. The lowest BCUT2D eigenvalue weighted by Gasteiger charge is -2.09. The lowest BCUT2D eigenvalue weighted by molar-refractivity contribution is 0.0951. The second kappa shape index (κ2) is 12.6. The number of hydrogen-bond acceptors (Lipinski definition) is 5. The molecule has 0 unspecified atom stereocenters. The molecule has 0 bridgehead atoms. The van der Waals surface area contributed by atoms with E-state index in [0.717, 1.165) is 40.0 Å². The normalized spacial score (nSPS) is 9.75. The van der Waals surface area contributed by atoms with Crippen molar-refractivity contribution in [2.24, 2.45) is 0 Å². The van der Waals surface area contributed by atoms with E-state index in [0.29, 0.717) is 6.54 Å². The van der Waals surface area contributed by atoms with Crippen LogP contribution in [0, 0.1) is 6.92 Å². The summed E-state index contributed by atoms with van der Waals surface area (Å²) in [5.41, 5.74) is 1.80. The van der Waals surface area contributed by atoms with Crippen molar-refractivity contribution in [2.45, 2.75) is 24.5 Å². The monoisotopic (exact) mass is 407 g/mol. The molecule has 0 saturated carbocycles. The Hall–Kier alpha value is -0.790. The van der Waals surface area contributed by atoms with Crippen molar-refractivity contribution in [3.8, 4) is 0 Å². The van der Waals surface area contributed by atoms with Crippen molar-refractivity contribution < 1.29 is 4.79 Å². The van der Waals surface area contributed by atoms with Gasteiger partial charge in [0.2, 0.25) is 0 Å². The Kier molecular flexibility index (Phi) is 12.1. The Balaban J connectivity index is 0.00000264. The number of aryl methyl sites for hydroxylation is 1. The van der Waals surface area contributed by atoms with Crippen LogP contribution in [-0.2, 0) is 5.75 Å². The van der Waals surface area contributed by atoms with E-state index in [1.54, 1.807) is 23.1 Å². The molecule has 2 aromatic rings. The predicted octanol–water partition coefficient (Wildman–Crippen LogP) is 3.93. The zero-order valence-corrected chi connectivity index (χ0v) is 17.0. The average Bonchev–Trinajstić information content (AvgIpc) is 2.95. The number of amides is 1. The van der Waals surface area contributed by atoms with Crippen LogP contribution in [0.2, 0.25) is 0 Å². The molecule has 24 heavy (non-hydrogen) atoms. The number of nitrogens with one attached hydrogen (secondary N) is 2. The Morgan fingerprint density at radius 2 is 2.00 bits per heavy atom. The van der Waals surface area contributed by atoms with Gasteiger partial charge in [0.1, 0.15) is 0 Å². The maximum absolute atomic E-state index is 12.3. The van der Waals surface area contributed by atoms with E-state index >= 15 is 0 Å². The number of aromatic nitrogens is 1. The molecular weight excluding hydrogens is 385 g/mol. The molecule has 134 valence electrons. The van der Waals surface area contributed by atoms with Gasteiger partial charge in [0, 0.05) is 29.1 Å². The molecule has 0 radical (unpaired) electrons. The van der Waals surface area contributed by atoms with E-state index in [4.69, 9.17) is 0 Å². The SMILES string of the molecule is CCNCCNC(=O)c1ccccc1SCc1csc(C)n1.Cl.Cl. The zero-order valence-electron chi connectivity index (χ0n) is 13.7. The smallest absolute Gasteiger partial charge is 0.252 e. The summed E-state index contributed by atoms with van der Waals surface area (Å²) in [6.07, 6.45) is 0. The number of carbonyl (C=O) groups excluding carboxylic acids is 1. The summed E-state index contributed by atoms with van der Waals surface area (Å²) in [6.45, 7) is 6.39. The van der Waals surface area contributed by atoms with Gasteiger partial charge in [-0.25, -0.2) is 4.98 Å². The van der Waals surface area contributed by atoms with Gasteiger partial charge < -0.3 is 10.6 Å². The van der Waals surface area contributed by atoms with Gasteiger partial charge in [-0.1, -0.05) is 19.1 Å². The van der Waals surface area contributed by atoms with Gasteiger partial charge in [-0.2, -0.15) is 0 Å². The van der Waals surface area contributed by atoms with E-state index in [-0.39, 0.29) is 30.7 Å². The van der Waals surface area contributed by atoms with E-state index < -0.39 is 0 Å². The fourth-order valence-corrected chi connectivity index (χ4v) is 3.60. The summed E-state index contributed by atoms with van der Waals surface area (Å²) in [6, 6.07) is 7.72. The number of carbonyl (C=O) groups is 1. The Morgan fingerprint density at radius 3 is 2.67 bits per heavy atom. The van der Waals surface area contributed by atoms with Crippen LogP contribution in [0.25, 0.3) is 0 Å². The van der Waals surface area contributed by atoms with Gasteiger partial charge in [-0.15, -0.1) is 47.9 Å². The largest absolute Gasteiger partial charge is 0.351 e. The van der Waals surface area contributed by atoms with Crippen LogP contribution in [0.15, 0.2) is 34.5 Å². The quantitative estimate of drug-likeness (QED) is 0.514. The number of halogens is 2. The minimum Gasteiger partial charge on any atom is -0.351 e. The van der Waals surface area contributed by atoms with Crippen LogP contribution < -0.4 is 10.6 Å². The van der Waals surface area contributed by atoms with Crippen LogP contribution in [0.5, 0.6) is 0 Å². The van der Waals surface area contributed by atoms with Gasteiger partial charge in [0.25, 0.3) is 5.91 Å². The van der Waals surface area contributed by atoms with Crippen LogP contribution in [0.3, 0.4) is 0 Å². The third kappa shape index (κ3) is 7.40. The number of rotatable bonds is 8. The number of thioether (sulfide) groups is 1. The van der Waals surface area contributed by atoms with E-state index in [1.165, 1.54) is 0 Å². The van der Waals surface area contributed by atoms with Crippen LogP contribution in [0.1, 0.15) is 28.0 Å². The van der Waals surface area contributed by atoms with Gasteiger partial charge in [-0.05, 0) is 25.6 Å². The summed E-state index contributed by atoms with van der Waals surface area (Å²) < 4.78 is 0. The summed E-state index contributed by atoms with van der Waals surface area (Å²) >= 11 is 3.31. The Bertz CT molecular complexity index is 623. The van der Waals surface area contributed by atoms with Crippen LogP contribution in [0.4, 0.5) is 0 Å². The second-order valence-electron chi connectivity index (χ2n) is 4.75. The van der Waals surface area contributed by atoms with Crippen LogP contribution >= 0.6 is 47.9 Å². The molecule has 0 aliphatic rings. The highest BCUT2D eigenvalue weighted by Gasteiger charge is 2.11. The lowest BCUT2D eigenvalue weighted by Crippen LogP contribution is -2.31. The maximum atomic E-state index is 12.3. The topological polar surface area (TPSA) is 54.0 Å². The Morgan fingerprint density at radius 1 is 1.25 bits per heavy atom. The van der Waals surface area contributed by atoms with Crippen molar-refractivity contribution in [2.75, 3.05) is 19.6 Å². The number of thiazole rings is 1. The fraction of sp³-hybridized carbons (Fsp3) is 0.375. The number of hydrogen-bond donors (Lipinski definition) is 2. The highest BCUT2D eigenvalue weighted by atomic mass is 35.5. The molecule has 0 spiro atoms. The molecule has 2 N–H and O–H groups in total. The standard InChI is InChI=1S/C16H21N3OS2.2ClH/c1-3-17-8-9-18-16(20)14-6-4-5-7-15(14)22-11-13-10-21-12(2)19-13;;/h4-7,10,17H,3,8-9,11H2,1-2H3,(H,18,20);2*1H. The van der Waals surface area contributed by atoms with E-state index in [1.807, 2.05) is 38.1 Å². The van der Waals surface area contributed by atoms with E-state index in [9.17, 15) is 4.79 Å². The number of benzene rings is 1. The summed E-state index contributed by atoms with van der Waals surface area (Å²) in [7, 11) is 0. The van der Waals surface area contributed by atoms with Crippen LogP contribution in [-0.4, -0.2) is 30.5 Å². The highest BCUT2D eigenvalue weighted by molar-refractivity contribution is 7.98. The summed E-state index contributed by atoms with van der Waals surface area (Å²) in [5.74, 6) is 0.766. The fourth-order valence-electron chi connectivity index (χ4n) is 1.94. The Labute approximate surface area is 164 Å². The molecule has 0 atom stereocenters. The van der Waals surface area contributed by atoms with Gasteiger partial charge in [0.15, 0.2) is 0 Å². The molecule has 1 heterocycles. The number of nitrogens with zero attached hydrogens (tertiary/aromatic N) is 1. The number of likely N-dealkylation sites (N-methyl/N-ethyl adjacent to an activating group) is 1. The zero-order chi connectivity index (χ0) is 15.8. The first kappa shape index (κ1) is 23.2. The minimum absolute atomic E-state index is 0. The second-order valence-corrected chi connectivity index (χ2v) is 6.83. The predicted molar refractivity (Wildman–Crippen MR) is 108 cm³/mol. The highest BCUT2D eigenvalue weighted by Crippen LogP contribution is 2.26. The third-order valence-electron chi connectivity index (χ3n) is 3.01. The van der Waals surface area contributed by atoms with Crippen molar-refractivity contribution in [3.63, 3.8) is 0 Å².